The van der Waals surface area contributed by atoms with E-state index in [2.05, 4.69) is 0 Å². The summed E-state index contributed by atoms with van der Waals surface area (Å²) < 4.78 is 10.6. The zero-order valence-corrected chi connectivity index (χ0v) is 12.1. The number of methoxy groups -OCH3 is 2. The Morgan fingerprint density at radius 1 is 1.00 bits per heavy atom. The molecule has 21 heavy (non-hydrogen) atoms. The highest BCUT2D eigenvalue weighted by Crippen LogP contribution is 2.31. The first kappa shape index (κ1) is 14.9. The lowest BCUT2D eigenvalue weighted by molar-refractivity contribution is -0.138. The highest BCUT2D eigenvalue weighted by atomic mass is 16.5. The molecule has 0 aromatic heterocycles. The standard InChI is InChI=1S/C17H18O4/c1-20-15-9-5-3-7-12(15)11-14(17(18)19)13-8-4-6-10-16(13)21-2/h3-10,14H,11H2,1-2H3,(H,18,19). The van der Waals surface area contributed by atoms with E-state index in [1.165, 1.54) is 0 Å². The van der Waals surface area contributed by atoms with Crippen LogP contribution in [-0.4, -0.2) is 25.3 Å². The van der Waals surface area contributed by atoms with E-state index < -0.39 is 11.9 Å². The Hall–Kier alpha value is -2.49. The van der Waals surface area contributed by atoms with Crippen molar-refractivity contribution in [1.29, 1.82) is 0 Å². The van der Waals surface area contributed by atoms with Gasteiger partial charge in [-0.05, 0) is 24.1 Å². The first-order chi connectivity index (χ1) is 10.2. The molecule has 0 saturated heterocycles. The Labute approximate surface area is 123 Å². The maximum atomic E-state index is 11.7. The molecule has 0 aliphatic rings. The highest BCUT2D eigenvalue weighted by molar-refractivity contribution is 5.78. The second-order valence-electron chi connectivity index (χ2n) is 4.65. The van der Waals surface area contributed by atoms with Gasteiger partial charge in [0.25, 0.3) is 0 Å². The van der Waals surface area contributed by atoms with Crippen LogP contribution in [0.5, 0.6) is 11.5 Å². The van der Waals surface area contributed by atoms with Gasteiger partial charge in [0, 0.05) is 5.56 Å². The number of rotatable bonds is 6. The molecule has 4 nitrogen and oxygen atoms in total. The Morgan fingerprint density at radius 3 is 2.19 bits per heavy atom. The van der Waals surface area contributed by atoms with E-state index >= 15 is 0 Å². The van der Waals surface area contributed by atoms with Gasteiger partial charge in [-0.25, -0.2) is 0 Å². The number of aliphatic carboxylic acids is 1. The monoisotopic (exact) mass is 286 g/mol. The van der Waals surface area contributed by atoms with Crippen molar-refractivity contribution in [3.8, 4) is 11.5 Å². The molecule has 1 N–H and O–H groups in total. The van der Waals surface area contributed by atoms with Gasteiger partial charge < -0.3 is 14.6 Å². The minimum absolute atomic E-state index is 0.347. The summed E-state index contributed by atoms with van der Waals surface area (Å²) in [5.74, 6) is -0.290. The molecule has 0 saturated carbocycles. The number of benzene rings is 2. The van der Waals surface area contributed by atoms with Crippen molar-refractivity contribution in [3.05, 3.63) is 59.7 Å². The second-order valence-corrected chi connectivity index (χ2v) is 4.65. The molecule has 0 radical (unpaired) electrons. The van der Waals surface area contributed by atoms with Crippen LogP contribution >= 0.6 is 0 Å². The minimum Gasteiger partial charge on any atom is -0.496 e. The molecule has 1 atom stereocenters. The first-order valence-electron chi connectivity index (χ1n) is 6.65. The predicted molar refractivity (Wildman–Crippen MR) is 80.1 cm³/mol. The van der Waals surface area contributed by atoms with Crippen molar-refractivity contribution >= 4 is 5.97 Å². The molecule has 2 aromatic rings. The Bertz CT molecular complexity index is 622. The Balaban J connectivity index is 2.38. The normalized spacial score (nSPS) is 11.7. The van der Waals surface area contributed by atoms with Gasteiger partial charge in [0.2, 0.25) is 0 Å². The Morgan fingerprint density at radius 2 is 1.57 bits per heavy atom. The van der Waals surface area contributed by atoms with Crippen LogP contribution in [0.25, 0.3) is 0 Å². The lowest BCUT2D eigenvalue weighted by Gasteiger charge is -2.17. The molecule has 0 aliphatic heterocycles. The van der Waals surface area contributed by atoms with Crippen molar-refractivity contribution in [2.75, 3.05) is 14.2 Å². The fraction of sp³-hybridized carbons (Fsp3) is 0.235. The van der Waals surface area contributed by atoms with E-state index in [9.17, 15) is 9.90 Å². The van der Waals surface area contributed by atoms with Crippen LogP contribution < -0.4 is 9.47 Å². The molecule has 0 amide bonds. The van der Waals surface area contributed by atoms with Crippen molar-refractivity contribution in [2.45, 2.75) is 12.3 Å². The third kappa shape index (κ3) is 3.34. The second kappa shape index (κ2) is 6.79. The van der Waals surface area contributed by atoms with Crippen LogP contribution in [0.4, 0.5) is 0 Å². The first-order valence-corrected chi connectivity index (χ1v) is 6.65. The van der Waals surface area contributed by atoms with Crippen LogP contribution in [0.15, 0.2) is 48.5 Å². The number of para-hydroxylation sites is 2. The zero-order valence-electron chi connectivity index (χ0n) is 12.1. The lowest BCUT2D eigenvalue weighted by atomic mass is 9.91. The maximum absolute atomic E-state index is 11.7. The molecular formula is C17H18O4. The lowest BCUT2D eigenvalue weighted by Crippen LogP contribution is -2.15. The molecule has 1 unspecified atom stereocenters. The van der Waals surface area contributed by atoms with Crippen LogP contribution in [-0.2, 0) is 11.2 Å². The number of carboxylic acids is 1. The predicted octanol–water partition coefficient (Wildman–Crippen LogP) is 3.11. The topological polar surface area (TPSA) is 55.8 Å². The van der Waals surface area contributed by atoms with Crippen molar-refractivity contribution < 1.29 is 19.4 Å². The van der Waals surface area contributed by atoms with Gasteiger partial charge in [0.05, 0.1) is 20.1 Å². The smallest absolute Gasteiger partial charge is 0.311 e. The fourth-order valence-corrected chi connectivity index (χ4v) is 2.38. The molecule has 0 bridgehead atoms. The van der Waals surface area contributed by atoms with Gasteiger partial charge >= 0.3 is 5.97 Å². The summed E-state index contributed by atoms with van der Waals surface area (Å²) in [5.41, 5.74) is 1.52. The average molecular weight is 286 g/mol. The number of carboxylic acid groups (broad SMARTS) is 1. The fourth-order valence-electron chi connectivity index (χ4n) is 2.38. The number of ether oxygens (including phenoxy) is 2. The molecule has 4 heteroatoms. The summed E-state index contributed by atoms with van der Waals surface area (Å²) in [4.78, 5) is 11.7. The third-order valence-electron chi connectivity index (χ3n) is 3.43. The van der Waals surface area contributed by atoms with Crippen LogP contribution in [0, 0.1) is 0 Å². The maximum Gasteiger partial charge on any atom is 0.311 e. The van der Waals surface area contributed by atoms with Crippen LogP contribution in [0.3, 0.4) is 0 Å². The molecular weight excluding hydrogens is 268 g/mol. The van der Waals surface area contributed by atoms with Gasteiger partial charge in [-0.2, -0.15) is 0 Å². The van der Waals surface area contributed by atoms with Crippen molar-refractivity contribution in [1.82, 2.24) is 0 Å². The average Bonchev–Trinajstić information content (AvgIpc) is 2.52. The summed E-state index contributed by atoms with van der Waals surface area (Å²) >= 11 is 0. The molecule has 0 heterocycles. The van der Waals surface area contributed by atoms with Crippen molar-refractivity contribution in [3.63, 3.8) is 0 Å². The third-order valence-corrected chi connectivity index (χ3v) is 3.43. The van der Waals surface area contributed by atoms with E-state index in [0.717, 1.165) is 5.56 Å². The highest BCUT2D eigenvalue weighted by Gasteiger charge is 2.24. The summed E-state index contributed by atoms with van der Waals surface area (Å²) in [5, 5.41) is 9.58. The molecule has 0 aliphatic carbocycles. The zero-order chi connectivity index (χ0) is 15.2. The number of hydrogen-bond acceptors (Lipinski definition) is 3. The van der Waals surface area contributed by atoms with E-state index in [-0.39, 0.29) is 0 Å². The van der Waals surface area contributed by atoms with Crippen LogP contribution in [0.1, 0.15) is 17.0 Å². The largest absolute Gasteiger partial charge is 0.496 e. The number of carbonyl (C=O) groups is 1. The van der Waals surface area contributed by atoms with Gasteiger partial charge in [-0.15, -0.1) is 0 Å². The minimum atomic E-state index is -0.884. The van der Waals surface area contributed by atoms with E-state index in [1.54, 1.807) is 26.4 Å². The van der Waals surface area contributed by atoms with Gasteiger partial charge in [-0.1, -0.05) is 36.4 Å². The van der Waals surface area contributed by atoms with Gasteiger partial charge in [-0.3, -0.25) is 4.79 Å². The molecule has 2 rings (SSSR count). The molecule has 0 fully saturated rings. The number of hydrogen-bond donors (Lipinski definition) is 1. The summed E-state index contributed by atoms with van der Waals surface area (Å²) in [6, 6.07) is 14.6. The Kier molecular flexibility index (Phi) is 4.82. The summed E-state index contributed by atoms with van der Waals surface area (Å²) in [6.07, 6.45) is 0.347. The molecule has 110 valence electrons. The molecule has 2 aromatic carbocycles. The van der Waals surface area contributed by atoms with Gasteiger partial charge in [0.1, 0.15) is 11.5 Å². The summed E-state index contributed by atoms with van der Waals surface area (Å²) in [7, 11) is 3.12. The van der Waals surface area contributed by atoms with E-state index in [1.807, 2.05) is 36.4 Å². The summed E-state index contributed by atoms with van der Waals surface area (Å²) in [6.45, 7) is 0. The SMILES string of the molecule is COc1ccccc1CC(C(=O)O)c1ccccc1OC. The van der Waals surface area contributed by atoms with E-state index in [0.29, 0.717) is 23.5 Å². The van der Waals surface area contributed by atoms with Gasteiger partial charge in [0.15, 0.2) is 0 Å². The van der Waals surface area contributed by atoms with E-state index in [4.69, 9.17) is 9.47 Å². The quantitative estimate of drug-likeness (QED) is 0.886. The van der Waals surface area contributed by atoms with Crippen molar-refractivity contribution in [2.24, 2.45) is 0 Å². The van der Waals surface area contributed by atoms with Crippen LogP contribution in [0.2, 0.25) is 0 Å². The molecule has 0 spiro atoms.